The Morgan fingerprint density at radius 3 is 2.50 bits per heavy atom. The zero-order chi connectivity index (χ0) is 7.61. The summed E-state index contributed by atoms with van der Waals surface area (Å²) >= 11 is 0. The van der Waals surface area contributed by atoms with Gasteiger partial charge in [0.2, 0.25) is 0 Å². The second-order valence-corrected chi connectivity index (χ2v) is 3.23. The van der Waals surface area contributed by atoms with Gasteiger partial charge in [0, 0.05) is 6.61 Å². The van der Waals surface area contributed by atoms with Crippen molar-refractivity contribution in [1.29, 1.82) is 5.26 Å². The molecular formula is C8H13NO. The molecule has 0 aliphatic carbocycles. The second-order valence-electron chi connectivity index (χ2n) is 3.23. The van der Waals surface area contributed by atoms with Crippen LogP contribution < -0.4 is 0 Å². The van der Waals surface area contributed by atoms with E-state index in [1.54, 1.807) is 0 Å². The lowest BCUT2D eigenvalue weighted by atomic mass is 9.78. The highest BCUT2D eigenvalue weighted by Gasteiger charge is 2.37. The average molecular weight is 139 g/mol. The minimum absolute atomic E-state index is 0.181. The van der Waals surface area contributed by atoms with Crippen LogP contribution in [0.4, 0.5) is 0 Å². The predicted molar refractivity (Wildman–Crippen MR) is 38.3 cm³/mol. The molecule has 0 spiro atoms. The summed E-state index contributed by atoms with van der Waals surface area (Å²) in [5.41, 5.74) is -0.181. The Kier molecular flexibility index (Phi) is 1.96. The Bertz CT molecular complexity index is 151. The lowest BCUT2D eigenvalue weighted by molar-refractivity contribution is 0.153. The van der Waals surface area contributed by atoms with Gasteiger partial charge in [-0.15, -0.1) is 0 Å². The molecule has 0 unspecified atom stereocenters. The Morgan fingerprint density at radius 2 is 2.30 bits per heavy atom. The van der Waals surface area contributed by atoms with Gasteiger partial charge in [0.25, 0.3) is 0 Å². The molecule has 2 heteroatoms. The van der Waals surface area contributed by atoms with E-state index >= 15 is 0 Å². The van der Waals surface area contributed by atoms with E-state index in [0.29, 0.717) is 12.5 Å². The Morgan fingerprint density at radius 1 is 1.60 bits per heavy atom. The molecule has 1 atom stereocenters. The summed E-state index contributed by atoms with van der Waals surface area (Å²) in [7, 11) is 0. The third-order valence-electron chi connectivity index (χ3n) is 2.38. The van der Waals surface area contributed by atoms with Gasteiger partial charge in [-0.25, -0.2) is 0 Å². The fraction of sp³-hybridized carbons (Fsp3) is 0.875. The van der Waals surface area contributed by atoms with Crippen LogP contribution in [0.25, 0.3) is 0 Å². The van der Waals surface area contributed by atoms with E-state index in [4.69, 9.17) is 10.00 Å². The molecule has 10 heavy (non-hydrogen) atoms. The smallest absolute Gasteiger partial charge is 0.0851 e. The van der Waals surface area contributed by atoms with Gasteiger partial charge in [0.05, 0.1) is 18.1 Å². The van der Waals surface area contributed by atoms with Crippen molar-refractivity contribution in [2.24, 2.45) is 11.3 Å². The lowest BCUT2D eigenvalue weighted by Crippen LogP contribution is -2.25. The van der Waals surface area contributed by atoms with Gasteiger partial charge in [0.15, 0.2) is 0 Å². The molecule has 1 aliphatic rings. The van der Waals surface area contributed by atoms with Crippen molar-refractivity contribution in [1.82, 2.24) is 0 Å². The molecule has 0 radical (unpaired) electrons. The molecule has 0 N–H and O–H groups in total. The minimum atomic E-state index is -0.181. The molecular weight excluding hydrogens is 126 g/mol. The van der Waals surface area contributed by atoms with Crippen LogP contribution >= 0.6 is 0 Å². The van der Waals surface area contributed by atoms with Gasteiger partial charge in [-0.2, -0.15) is 5.26 Å². The van der Waals surface area contributed by atoms with Gasteiger partial charge in [-0.05, 0) is 12.3 Å². The van der Waals surface area contributed by atoms with E-state index in [2.05, 4.69) is 19.9 Å². The molecule has 56 valence electrons. The SMILES string of the molecule is CC(C)[C@]1(C#N)CCOC1. The van der Waals surface area contributed by atoms with Gasteiger partial charge in [-0.3, -0.25) is 0 Å². The van der Waals surface area contributed by atoms with Crippen molar-refractivity contribution in [3.05, 3.63) is 0 Å². The summed E-state index contributed by atoms with van der Waals surface area (Å²) < 4.78 is 5.19. The molecule has 0 aromatic rings. The van der Waals surface area contributed by atoms with Crippen molar-refractivity contribution in [2.75, 3.05) is 13.2 Å². The van der Waals surface area contributed by atoms with Crippen LogP contribution in [0, 0.1) is 22.7 Å². The number of hydrogen-bond donors (Lipinski definition) is 0. The number of ether oxygens (including phenoxy) is 1. The first-order valence-electron chi connectivity index (χ1n) is 3.70. The van der Waals surface area contributed by atoms with Gasteiger partial charge < -0.3 is 4.74 Å². The van der Waals surface area contributed by atoms with Crippen LogP contribution in [0.2, 0.25) is 0 Å². The Labute approximate surface area is 61.8 Å². The molecule has 0 aromatic heterocycles. The van der Waals surface area contributed by atoms with E-state index in [1.807, 2.05) is 0 Å². The first-order valence-corrected chi connectivity index (χ1v) is 3.70. The highest BCUT2D eigenvalue weighted by molar-refractivity contribution is 5.03. The molecule has 1 fully saturated rings. The van der Waals surface area contributed by atoms with Crippen LogP contribution in [0.15, 0.2) is 0 Å². The topological polar surface area (TPSA) is 33.0 Å². The normalized spacial score (nSPS) is 32.6. The maximum Gasteiger partial charge on any atom is 0.0851 e. The summed E-state index contributed by atoms with van der Waals surface area (Å²) in [5.74, 6) is 0.417. The number of hydrogen-bond acceptors (Lipinski definition) is 2. The van der Waals surface area contributed by atoms with Crippen LogP contribution in [0.5, 0.6) is 0 Å². The maximum atomic E-state index is 8.86. The second kappa shape index (κ2) is 2.59. The van der Waals surface area contributed by atoms with Crippen LogP contribution in [-0.4, -0.2) is 13.2 Å². The molecule has 1 heterocycles. The number of nitriles is 1. The Hall–Kier alpha value is -0.550. The number of nitrogens with zero attached hydrogens (tertiary/aromatic N) is 1. The van der Waals surface area contributed by atoms with E-state index in [9.17, 15) is 0 Å². The fourth-order valence-electron chi connectivity index (χ4n) is 1.25. The molecule has 1 saturated heterocycles. The Balaban J connectivity index is 2.70. The van der Waals surface area contributed by atoms with E-state index in [0.717, 1.165) is 13.0 Å². The van der Waals surface area contributed by atoms with Gasteiger partial charge >= 0.3 is 0 Å². The highest BCUT2D eigenvalue weighted by Crippen LogP contribution is 2.35. The summed E-state index contributed by atoms with van der Waals surface area (Å²) in [6.07, 6.45) is 0.904. The monoisotopic (exact) mass is 139 g/mol. The van der Waals surface area contributed by atoms with Gasteiger partial charge in [0.1, 0.15) is 0 Å². The van der Waals surface area contributed by atoms with Gasteiger partial charge in [-0.1, -0.05) is 13.8 Å². The number of rotatable bonds is 1. The van der Waals surface area contributed by atoms with E-state index in [-0.39, 0.29) is 5.41 Å². The summed E-state index contributed by atoms with van der Waals surface area (Å²) in [4.78, 5) is 0. The molecule has 0 saturated carbocycles. The molecule has 0 bridgehead atoms. The summed E-state index contributed by atoms with van der Waals surface area (Å²) in [6, 6.07) is 2.35. The molecule has 1 rings (SSSR count). The zero-order valence-electron chi connectivity index (χ0n) is 6.55. The van der Waals surface area contributed by atoms with Crippen LogP contribution in [0.3, 0.4) is 0 Å². The van der Waals surface area contributed by atoms with Crippen molar-refractivity contribution >= 4 is 0 Å². The maximum absolute atomic E-state index is 8.86. The zero-order valence-corrected chi connectivity index (χ0v) is 6.55. The summed E-state index contributed by atoms with van der Waals surface area (Å²) in [6.45, 7) is 5.54. The minimum Gasteiger partial charge on any atom is -0.380 e. The summed E-state index contributed by atoms with van der Waals surface area (Å²) in [5, 5.41) is 8.86. The van der Waals surface area contributed by atoms with Crippen LogP contribution in [-0.2, 0) is 4.74 Å². The predicted octanol–water partition coefficient (Wildman–Crippen LogP) is 1.57. The molecule has 0 aromatic carbocycles. The molecule has 1 aliphatic heterocycles. The first-order chi connectivity index (χ1) is 4.71. The van der Waals surface area contributed by atoms with Crippen molar-refractivity contribution in [2.45, 2.75) is 20.3 Å². The lowest BCUT2D eigenvalue weighted by Gasteiger charge is -2.22. The third-order valence-corrected chi connectivity index (χ3v) is 2.38. The largest absolute Gasteiger partial charge is 0.380 e. The fourth-order valence-corrected chi connectivity index (χ4v) is 1.25. The van der Waals surface area contributed by atoms with Crippen molar-refractivity contribution < 1.29 is 4.74 Å². The third kappa shape index (κ3) is 1.02. The van der Waals surface area contributed by atoms with E-state index in [1.165, 1.54) is 0 Å². The first kappa shape index (κ1) is 7.56. The molecule has 0 amide bonds. The van der Waals surface area contributed by atoms with Crippen molar-refractivity contribution in [3.63, 3.8) is 0 Å². The standard InChI is InChI=1S/C8H13NO/c1-7(2)8(5-9)3-4-10-6-8/h7H,3-4,6H2,1-2H3/t8-/m0/s1. The highest BCUT2D eigenvalue weighted by atomic mass is 16.5. The van der Waals surface area contributed by atoms with E-state index < -0.39 is 0 Å². The molecule has 2 nitrogen and oxygen atoms in total. The quantitative estimate of drug-likeness (QED) is 0.552. The average Bonchev–Trinajstić information content (AvgIpc) is 2.35. The van der Waals surface area contributed by atoms with Crippen LogP contribution in [0.1, 0.15) is 20.3 Å². The van der Waals surface area contributed by atoms with Crippen molar-refractivity contribution in [3.8, 4) is 6.07 Å².